The third kappa shape index (κ3) is 3.12. The molecule has 1 aromatic carbocycles. The Morgan fingerprint density at radius 2 is 1.88 bits per heavy atom. The molecule has 1 fully saturated rings. The van der Waals surface area contributed by atoms with Crippen molar-refractivity contribution in [2.24, 2.45) is 0 Å². The molecule has 1 saturated heterocycles. The van der Waals surface area contributed by atoms with Crippen molar-refractivity contribution < 1.29 is 4.79 Å². The Labute approximate surface area is 160 Å². The lowest BCUT2D eigenvalue weighted by Crippen LogP contribution is -2.48. The van der Waals surface area contributed by atoms with Gasteiger partial charge in [-0.3, -0.25) is 4.79 Å². The Bertz CT molecular complexity index is 934. The van der Waals surface area contributed by atoms with Crippen molar-refractivity contribution in [3.63, 3.8) is 0 Å². The smallest absolute Gasteiger partial charge is 0.222 e. The van der Waals surface area contributed by atoms with Crippen LogP contribution in [0.25, 0.3) is 21.5 Å². The van der Waals surface area contributed by atoms with Gasteiger partial charge >= 0.3 is 0 Å². The molecule has 0 N–H and O–H groups in total. The molecule has 1 aliphatic heterocycles. The van der Waals surface area contributed by atoms with Crippen LogP contribution in [0.5, 0.6) is 0 Å². The lowest BCUT2D eigenvalue weighted by molar-refractivity contribution is -0.131. The van der Waals surface area contributed by atoms with E-state index in [4.69, 9.17) is 11.6 Å². The van der Waals surface area contributed by atoms with Crippen LogP contribution >= 0.6 is 23.1 Å². The number of benzene rings is 1. The number of fused-ring (bicyclic) bond motifs is 1. The molecule has 2 aromatic heterocycles. The minimum Gasteiger partial charge on any atom is -0.352 e. The third-order valence-corrected chi connectivity index (χ3v) is 5.67. The molecular formula is C18H18ClN5OS. The zero-order valence-electron chi connectivity index (χ0n) is 14.4. The molecule has 1 aliphatic rings. The van der Waals surface area contributed by atoms with Crippen LogP contribution in [0.15, 0.2) is 30.6 Å². The van der Waals surface area contributed by atoms with E-state index in [1.165, 1.54) is 11.5 Å². The largest absolute Gasteiger partial charge is 0.352 e. The van der Waals surface area contributed by atoms with E-state index in [9.17, 15) is 4.79 Å². The van der Waals surface area contributed by atoms with Crippen LogP contribution in [0.2, 0.25) is 5.02 Å². The summed E-state index contributed by atoms with van der Waals surface area (Å²) < 4.78 is 5.59. The van der Waals surface area contributed by atoms with E-state index in [-0.39, 0.29) is 5.91 Å². The molecule has 4 rings (SSSR count). The Hall–Kier alpha value is -2.25. The molecule has 0 atom stereocenters. The minimum atomic E-state index is 0.209. The molecule has 8 heteroatoms. The van der Waals surface area contributed by atoms with Crippen molar-refractivity contribution in [2.75, 3.05) is 31.1 Å². The first-order valence-electron chi connectivity index (χ1n) is 8.56. The molecule has 0 bridgehead atoms. The summed E-state index contributed by atoms with van der Waals surface area (Å²) in [5.41, 5.74) is 2.70. The van der Waals surface area contributed by atoms with Gasteiger partial charge < -0.3 is 9.80 Å². The van der Waals surface area contributed by atoms with Gasteiger partial charge in [0.15, 0.2) is 5.82 Å². The molecule has 0 saturated carbocycles. The van der Waals surface area contributed by atoms with Crippen molar-refractivity contribution in [3.8, 4) is 11.3 Å². The van der Waals surface area contributed by atoms with E-state index in [1.54, 1.807) is 6.33 Å². The summed E-state index contributed by atoms with van der Waals surface area (Å²) in [4.78, 5) is 25.0. The molecule has 3 aromatic rings. The van der Waals surface area contributed by atoms with Crippen molar-refractivity contribution in [3.05, 3.63) is 35.6 Å². The lowest BCUT2D eigenvalue weighted by atomic mass is 10.1. The van der Waals surface area contributed by atoms with Crippen LogP contribution in [-0.4, -0.2) is 51.3 Å². The summed E-state index contributed by atoms with van der Waals surface area (Å²) in [5.74, 6) is 1.11. The zero-order valence-corrected chi connectivity index (χ0v) is 15.9. The zero-order chi connectivity index (χ0) is 18.1. The highest BCUT2D eigenvalue weighted by atomic mass is 35.5. The van der Waals surface area contributed by atoms with Crippen molar-refractivity contribution in [2.45, 2.75) is 13.3 Å². The molecule has 0 spiro atoms. The highest BCUT2D eigenvalue weighted by molar-refractivity contribution is 7.14. The molecule has 0 aliphatic carbocycles. The summed E-state index contributed by atoms with van der Waals surface area (Å²) >= 11 is 7.40. The Morgan fingerprint density at radius 3 is 2.58 bits per heavy atom. The second-order valence-electron chi connectivity index (χ2n) is 6.13. The topological polar surface area (TPSA) is 62.2 Å². The highest BCUT2D eigenvalue weighted by Crippen LogP contribution is 2.34. The fourth-order valence-corrected chi connectivity index (χ4v) is 4.17. The van der Waals surface area contributed by atoms with E-state index in [0.717, 1.165) is 53.5 Å². The number of hydrogen-bond donors (Lipinski definition) is 0. The quantitative estimate of drug-likeness (QED) is 0.688. The van der Waals surface area contributed by atoms with Crippen LogP contribution in [0.3, 0.4) is 0 Å². The number of amides is 1. The summed E-state index contributed by atoms with van der Waals surface area (Å²) in [6.07, 6.45) is 2.14. The van der Waals surface area contributed by atoms with Crippen molar-refractivity contribution in [1.82, 2.24) is 19.2 Å². The van der Waals surface area contributed by atoms with Crippen molar-refractivity contribution >= 4 is 45.1 Å². The number of aromatic nitrogens is 3. The van der Waals surface area contributed by atoms with Crippen LogP contribution in [0.4, 0.5) is 5.82 Å². The van der Waals surface area contributed by atoms with Gasteiger partial charge in [0.05, 0.1) is 0 Å². The predicted octanol–water partition coefficient (Wildman–Crippen LogP) is 3.47. The summed E-state index contributed by atoms with van der Waals surface area (Å²) in [5, 5.41) is 0.697. The monoisotopic (exact) mass is 387 g/mol. The maximum absolute atomic E-state index is 11.9. The van der Waals surface area contributed by atoms with E-state index >= 15 is 0 Å². The second-order valence-corrected chi connectivity index (χ2v) is 7.34. The average molecular weight is 388 g/mol. The van der Waals surface area contributed by atoms with Gasteiger partial charge in [-0.25, -0.2) is 9.97 Å². The first-order valence-corrected chi connectivity index (χ1v) is 9.71. The van der Waals surface area contributed by atoms with Gasteiger partial charge in [0.1, 0.15) is 22.2 Å². The van der Waals surface area contributed by atoms with Crippen LogP contribution in [0, 0.1) is 0 Å². The summed E-state index contributed by atoms with van der Waals surface area (Å²) in [6.45, 7) is 4.89. The molecule has 6 nitrogen and oxygen atoms in total. The van der Waals surface area contributed by atoms with Gasteiger partial charge in [-0.05, 0) is 23.7 Å². The number of carbonyl (C=O) groups excluding carboxylic acids is 1. The number of anilines is 1. The minimum absolute atomic E-state index is 0.209. The van der Waals surface area contributed by atoms with E-state index in [1.807, 2.05) is 36.1 Å². The van der Waals surface area contributed by atoms with Gasteiger partial charge in [-0.1, -0.05) is 30.7 Å². The predicted molar refractivity (Wildman–Crippen MR) is 105 cm³/mol. The molecule has 26 heavy (non-hydrogen) atoms. The van der Waals surface area contributed by atoms with Crippen LogP contribution in [-0.2, 0) is 4.79 Å². The maximum atomic E-state index is 11.9. The van der Waals surface area contributed by atoms with Gasteiger partial charge in [0.2, 0.25) is 5.91 Å². The van der Waals surface area contributed by atoms with Gasteiger partial charge in [0, 0.05) is 43.2 Å². The molecule has 0 unspecified atom stereocenters. The third-order valence-electron chi connectivity index (χ3n) is 4.59. The average Bonchev–Trinajstić information content (AvgIpc) is 3.12. The second kappa shape index (κ2) is 7.17. The molecule has 3 heterocycles. The highest BCUT2D eigenvalue weighted by Gasteiger charge is 2.24. The molecule has 1 amide bonds. The molecule has 134 valence electrons. The lowest BCUT2D eigenvalue weighted by Gasteiger charge is -2.35. The number of rotatable bonds is 3. The van der Waals surface area contributed by atoms with Gasteiger partial charge in [-0.15, -0.1) is 0 Å². The Kier molecular flexibility index (Phi) is 4.74. The van der Waals surface area contributed by atoms with Crippen molar-refractivity contribution in [1.29, 1.82) is 0 Å². The molecule has 0 radical (unpaired) electrons. The first kappa shape index (κ1) is 17.2. The fourth-order valence-electron chi connectivity index (χ4n) is 3.17. The number of nitrogens with zero attached hydrogens (tertiary/aromatic N) is 5. The number of hydrogen-bond acceptors (Lipinski definition) is 6. The SMILES string of the molecule is CCC(=O)N1CCN(c2ncnc3c(-c4ccc(Cl)cc4)nsc23)CC1. The number of carbonyl (C=O) groups is 1. The maximum Gasteiger partial charge on any atom is 0.222 e. The fraction of sp³-hybridized carbons (Fsp3) is 0.333. The Balaban J connectivity index is 1.64. The standard InChI is InChI=1S/C18H18ClN5OS/c1-2-14(25)23-7-9-24(10-8-23)18-17-16(20-11-21-18)15(22-26-17)12-3-5-13(19)6-4-12/h3-6,11H,2,7-10H2,1H3. The van der Waals surface area contributed by atoms with E-state index in [0.29, 0.717) is 11.4 Å². The number of halogens is 1. The normalized spacial score (nSPS) is 14.8. The first-order chi connectivity index (χ1) is 12.7. The van der Waals surface area contributed by atoms with Gasteiger partial charge in [-0.2, -0.15) is 4.37 Å². The Morgan fingerprint density at radius 1 is 1.15 bits per heavy atom. The van der Waals surface area contributed by atoms with Crippen LogP contribution in [0.1, 0.15) is 13.3 Å². The van der Waals surface area contributed by atoms with Crippen LogP contribution < -0.4 is 4.90 Å². The van der Waals surface area contributed by atoms with E-state index in [2.05, 4.69) is 19.2 Å². The van der Waals surface area contributed by atoms with Gasteiger partial charge in [0.25, 0.3) is 0 Å². The summed E-state index contributed by atoms with van der Waals surface area (Å²) in [7, 11) is 0. The summed E-state index contributed by atoms with van der Waals surface area (Å²) in [6, 6.07) is 7.61. The number of piperazine rings is 1. The van der Waals surface area contributed by atoms with E-state index < -0.39 is 0 Å². The molecular weight excluding hydrogens is 370 g/mol.